The minimum Gasteiger partial charge on any atom is -0.327 e. The van der Waals surface area contributed by atoms with E-state index in [1.54, 1.807) is 6.20 Å². The molecule has 1 aromatic carbocycles. The third-order valence-corrected chi connectivity index (χ3v) is 5.17. The second kappa shape index (κ2) is 4.81. The van der Waals surface area contributed by atoms with Crippen LogP contribution in [0.1, 0.15) is 19.3 Å². The van der Waals surface area contributed by atoms with Gasteiger partial charge in [0, 0.05) is 17.6 Å². The summed E-state index contributed by atoms with van der Waals surface area (Å²) in [7, 11) is 0. The third-order valence-electron chi connectivity index (χ3n) is 5.17. The van der Waals surface area contributed by atoms with Crippen LogP contribution in [-0.4, -0.2) is 16.9 Å². The van der Waals surface area contributed by atoms with Crippen LogP contribution in [0.25, 0.3) is 10.9 Å². The highest BCUT2D eigenvalue weighted by Gasteiger charge is 2.49. The molecule has 0 saturated heterocycles. The van der Waals surface area contributed by atoms with Gasteiger partial charge in [0.25, 0.3) is 0 Å². The highest BCUT2D eigenvalue weighted by Crippen LogP contribution is 2.48. The largest absolute Gasteiger partial charge is 0.327 e. The van der Waals surface area contributed by atoms with E-state index in [4.69, 9.17) is 5.73 Å². The number of amides is 1. The first-order chi connectivity index (χ1) is 10.2. The average molecular weight is 281 g/mol. The summed E-state index contributed by atoms with van der Waals surface area (Å²) >= 11 is 0. The highest BCUT2D eigenvalue weighted by atomic mass is 16.2. The monoisotopic (exact) mass is 281 g/mol. The molecule has 2 saturated carbocycles. The fourth-order valence-electron chi connectivity index (χ4n) is 4.15. The van der Waals surface area contributed by atoms with Gasteiger partial charge in [-0.25, -0.2) is 0 Å². The van der Waals surface area contributed by atoms with Crippen molar-refractivity contribution in [3.05, 3.63) is 36.5 Å². The first-order valence-electron chi connectivity index (χ1n) is 7.64. The van der Waals surface area contributed by atoms with Crippen LogP contribution in [0, 0.1) is 17.8 Å². The van der Waals surface area contributed by atoms with Crippen LogP contribution in [-0.2, 0) is 4.79 Å². The molecule has 2 aromatic rings. The number of nitrogens with one attached hydrogen (secondary N) is 1. The van der Waals surface area contributed by atoms with Crippen LogP contribution < -0.4 is 11.1 Å². The summed E-state index contributed by atoms with van der Waals surface area (Å²) in [6.07, 6.45) is 5.20. The maximum atomic E-state index is 12.6. The molecule has 0 radical (unpaired) electrons. The highest BCUT2D eigenvalue weighted by molar-refractivity contribution is 6.01. The van der Waals surface area contributed by atoms with Crippen molar-refractivity contribution in [3.63, 3.8) is 0 Å². The standard InChI is InChI=1S/C17H19N3O/c18-15-12-7-6-11(9-12)14(15)17(21)20-13-5-1-3-10-4-2-8-19-16(10)13/h1-5,8,11-12,14-15H,6-7,9,18H2,(H,20,21). The smallest absolute Gasteiger partial charge is 0.229 e. The van der Waals surface area contributed by atoms with E-state index in [9.17, 15) is 4.79 Å². The van der Waals surface area contributed by atoms with E-state index < -0.39 is 0 Å². The van der Waals surface area contributed by atoms with E-state index in [1.807, 2.05) is 30.3 Å². The van der Waals surface area contributed by atoms with Gasteiger partial charge in [0.1, 0.15) is 0 Å². The summed E-state index contributed by atoms with van der Waals surface area (Å²) in [5, 5.41) is 4.10. The zero-order chi connectivity index (χ0) is 14.4. The normalized spacial score (nSPS) is 30.7. The fraction of sp³-hybridized carbons (Fsp3) is 0.412. The number of pyridine rings is 1. The Kier molecular flexibility index (Phi) is 2.93. The minimum absolute atomic E-state index is 0.0201. The summed E-state index contributed by atoms with van der Waals surface area (Å²) in [6.45, 7) is 0. The van der Waals surface area contributed by atoms with Crippen molar-refractivity contribution in [1.82, 2.24) is 4.98 Å². The van der Waals surface area contributed by atoms with E-state index in [-0.39, 0.29) is 17.9 Å². The number of benzene rings is 1. The number of anilines is 1. The predicted octanol–water partition coefficient (Wildman–Crippen LogP) is 2.55. The third kappa shape index (κ3) is 2.02. The minimum atomic E-state index is -0.0391. The van der Waals surface area contributed by atoms with Crippen LogP contribution in [0.2, 0.25) is 0 Å². The molecule has 4 unspecified atom stereocenters. The first-order valence-corrected chi connectivity index (χ1v) is 7.64. The molecule has 108 valence electrons. The summed E-state index contributed by atoms with van der Waals surface area (Å²) in [4.78, 5) is 17.0. The van der Waals surface area contributed by atoms with Crippen molar-refractivity contribution in [3.8, 4) is 0 Å². The Bertz CT molecular complexity index is 692. The van der Waals surface area contributed by atoms with Crippen molar-refractivity contribution < 1.29 is 4.79 Å². The Morgan fingerprint density at radius 3 is 2.81 bits per heavy atom. The summed E-state index contributed by atoms with van der Waals surface area (Å²) in [5.74, 6) is 1.03. The molecule has 4 heteroatoms. The Labute approximate surface area is 123 Å². The molecule has 4 nitrogen and oxygen atoms in total. The van der Waals surface area contributed by atoms with E-state index >= 15 is 0 Å². The number of nitrogens with zero attached hydrogens (tertiary/aromatic N) is 1. The van der Waals surface area contributed by atoms with Crippen molar-refractivity contribution in [2.45, 2.75) is 25.3 Å². The molecule has 0 aliphatic heterocycles. The predicted molar refractivity (Wildman–Crippen MR) is 82.7 cm³/mol. The van der Waals surface area contributed by atoms with Crippen LogP contribution in [0.4, 0.5) is 5.69 Å². The van der Waals surface area contributed by atoms with E-state index in [2.05, 4.69) is 10.3 Å². The van der Waals surface area contributed by atoms with Crippen LogP contribution in [0.3, 0.4) is 0 Å². The number of aromatic nitrogens is 1. The van der Waals surface area contributed by atoms with Gasteiger partial charge in [0.15, 0.2) is 0 Å². The van der Waals surface area contributed by atoms with Crippen LogP contribution in [0.5, 0.6) is 0 Å². The summed E-state index contributed by atoms with van der Waals surface area (Å²) in [5.41, 5.74) is 7.88. The molecule has 2 aliphatic carbocycles. The lowest BCUT2D eigenvalue weighted by molar-refractivity contribution is -0.121. The molecule has 4 rings (SSSR count). The number of nitrogens with two attached hydrogens (primary N) is 1. The molecule has 2 bridgehead atoms. The van der Waals surface area contributed by atoms with Crippen molar-refractivity contribution in [1.29, 1.82) is 0 Å². The van der Waals surface area contributed by atoms with Gasteiger partial charge in [0.05, 0.1) is 17.1 Å². The number of rotatable bonds is 2. The van der Waals surface area contributed by atoms with Gasteiger partial charge in [-0.1, -0.05) is 18.2 Å². The Balaban J connectivity index is 1.62. The number of fused-ring (bicyclic) bond motifs is 3. The van der Waals surface area contributed by atoms with Gasteiger partial charge < -0.3 is 11.1 Å². The zero-order valence-electron chi connectivity index (χ0n) is 11.8. The molecule has 21 heavy (non-hydrogen) atoms. The number of carbonyl (C=O) groups excluding carboxylic acids is 1. The lowest BCUT2D eigenvalue weighted by atomic mass is 9.84. The molecule has 0 spiro atoms. The van der Waals surface area contributed by atoms with E-state index in [0.29, 0.717) is 11.8 Å². The van der Waals surface area contributed by atoms with Gasteiger partial charge in [-0.3, -0.25) is 9.78 Å². The van der Waals surface area contributed by atoms with Gasteiger partial charge in [-0.2, -0.15) is 0 Å². The Morgan fingerprint density at radius 1 is 1.19 bits per heavy atom. The van der Waals surface area contributed by atoms with E-state index in [1.165, 1.54) is 6.42 Å². The first kappa shape index (κ1) is 12.8. The van der Waals surface area contributed by atoms with Crippen molar-refractivity contribution in [2.75, 3.05) is 5.32 Å². The molecule has 3 N–H and O–H groups in total. The molecule has 4 atom stereocenters. The van der Waals surface area contributed by atoms with Crippen LogP contribution in [0.15, 0.2) is 36.5 Å². The average Bonchev–Trinajstić information content (AvgIpc) is 3.08. The number of hydrogen-bond donors (Lipinski definition) is 2. The number of hydrogen-bond acceptors (Lipinski definition) is 3. The quantitative estimate of drug-likeness (QED) is 0.889. The number of carbonyl (C=O) groups is 1. The maximum Gasteiger partial charge on any atom is 0.229 e. The maximum absolute atomic E-state index is 12.6. The lowest BCUT2D eigenvalue weighted by Gasteiger charge is -2.27. The van der Waals surface area contributed by atoms with Crippen molar-refractivity contribution in [2.24, 2.45) is 23.5 Å². The van der Waals surface area contributed by atoms with Gasteiger partial charge in [0.2, 0.25) is 5.91 Å². The molecular formula is C17H19N3O. The summed E-state index contributed by atoms with van der Waals surface area (Å²) in [6, 6.07) is 9.78. The molecule has 2 fully saturated rings. The summed E-state index contributed by atoms with van der Waals surface area (Å²) < 4.78 is 0. The Hall–Kier alpha value is -1.94. The van der Waals surface area contributed by atoms with Crippen molar-refractivity contribution >= 4 is 22.5 Å². The lowest BCUT2D eigenvalue weighted by Crippen LogP contribution is -2.42. The zero-order valence-corrected chi connectivity index (χ0v) is 11.8. The van der Waals surface area contributed by atoms with Crippen LogP contribution >= 0.6 is 0 Å². The molecule has 1 amide bonds. The topological polar surface area (TPSA) is 68.0 Å². The SMILES string of the molecule is NC1C2CCC(C2)C1C(=O)Nc1cccc2cccnc12. The van der Waals surface area contributed by atoms with Gasteiger partial charge in [-0.15, -0.1) is 0 Å². The molecular weight excluding hydrogens is 262 g/mol. The number of para-hydroxylation sites is 1. The van der Waals surface area contributed by atoms with E-state index in [0.717, 1.165) is 29.4 Å². The molecule has 1 aromatic heterocycles. The second-order valence-electron chi connectivity index (χ2n) is 6.31. The molecule has 1 heterocycles. The van der Waals surface area contributed by atoms with Gasteiger partial charge in [-0.05, 0) is 43.2 Å². The fourth-order valence-corrected chi connectivity index (χ4v) is 4.15. The Morgan fingerprint density at radius 2 is 2.00 bits per heavy atom. The van der Waals surface area contributed by atoms with Gasteiger partial charge >= 0.3 is 0 Å². The molecule has 2 aliphatic rings. The second-order valence-corrected chi connectivity index (χ2v) is 6.31.